The molecule has 0 bridgehead atoms. The summed E-state index contributed by atoms with van der Waals surface area (Å²) in [4.78, 5) is 10.9. The zero-order valence-electron chi connectivity index (χ0n) is 8.16. The second-order valence-corrected chi connectivity index (χ2v) is 4.99. The van der Waals surface area contributed by atoms with Crippen LogP contribution in [0, 0.1) is 5.92 Å². The van der Waals surface area contributed by atoms with Crippen LogP contribution >= 0.6 is 11.8 Å². The minimum absolute atomic E-state index is 0.0784. The molecular formula is C10H18O2S. The number of carboxylic acid groups (broad SMARTS) is 1. The van der Waals surface area contributed by atoms with Crippen LogP contribution in [0.25, 0.3) is 0 Å². The Morgan fingerprint density at radius 2 is 2.15 bits per heavy atom. The van der Waals surface area contributed by atoms with Crippen molar-refractivity contribution in [2.45, 2.75) is 44.3 Å². The fourth-order valence-corrected chi connectivity index (χ4v) is 3.20. The standard InChI is InChI=1S/C10H18O2S/c1-2-7-13-9-6-4-3-5-8(9)10(11)12/h8-9H,2-7H2,1H3,(H,11,12)/t8-,9+/m0/s1. The van der Waals surface area contributed by atoms with E-state index in [1.54, 1.807) is 0 Å². The van der Waals surface area contributed by atoms with Crippen molar-refractivity contribution in [1.29, 1.82) is 0 Å². The number of carboxylic acids is 1. The molecule has 0 saturated heterocycles. The molecular weight excluding hydrogens is 184 g/mol. The van der Waals surface area contributed by atoms with E-state index in [-0.39, 0.29) is 5.92 Å². The second-order valence-electron chi connectivity index (χ2n) is 3.64. The molecule has 2 nitrogen and oxygen atoms in total. The van der Waals surface area contributed by atoms with Crippen molar-refractivity contribution in [2.75, 3.05) is 5.75 Å². The minimum Gasteiger partial charge on any atom is -0.481 e. The summed E-state index contributed by atoms with van der Waals surface area (Å²) in [7, 11) is 0. The van der Waals surface area contributed by atoms with Crippen LogP contribution in [-0.4, -0.2) is 22.1 Å². The lowest BCUT2D eigenvalue weighted by atomic mass is 9.89. The molecule has 0 heterocycles. The number of hydrogen-bond donors (Lipinski definition) is 1. The quantitative estimate of drug-likeness (QED) is 0.761. The van der Waals surface area contributed by atoms with Crippen LogP contribution in [0.3, 0.4) is 0 Å². The van der Waals surface area contributed by atoms with E-state index >= 15 is 0 Å². The Morgan fingerprint density at radius 1 is 1.46 bits per heavy atom. The zero-order chi connectivity index (χ0) is 9.68. The molecule has 0 spiro atoms. The molecule has 1 saturated carbocycles. The van der Waals surface area contributed by atoms with Crippen LogP contribution in [0.5, 0.6) is 0 Å². The Labute approximate surface area is 84.1 Å². The predicted octanol–water partition coefficient (Wildman–Crippen LogP) is 2.77. The zero-order valence-corrected chi connectivity index (χ0v) is 8.98. The van der Waals surface area contributed by atoms with Gasteiger partial charge in [0.25, 0.3) is 0 Å². The number of rotatable bonds is 4. The normalized spacial score (nSPS) is 28.7. The SMILES string of the molecule is CCCS[C@@H]1CCCC[C@@H]1C(=O)O. The van der Waals surface area contributed by atoms with Crippen LogP contribution in [-0.2, 0) is 4.79 Å². The molecule has 1 fully saturated rings. The molecule has 0 aromatic carbocycles. The van der Waals surface area contributed by atoms with Crippen molar-refractivity contribution in [3.05, 3.63) is 0 Å². The minimum atomic E-state index is -0.590. The van der Waals surface area contributed by atoms with Crippen molar-refractivity contribution < 1.29 is 9.90 Å². The first-order valence-electron chi connectivity index (χ1n) is 5.10. The molecule has 1 aliphatic rings. The third-order valence-corrected chi connectivity index (χ3v) is 4.19. The molecule has 0 radical (unpaired) electrons. The van der Waals surface area contributed by atoms with Gasteiger partial charge in [-0.05, 0) is 25.0 Å². The number of hydrogen-bond acceptors (Lipinski definition) is 2. The fraction of sp³-hybridized carbons (Fsp3) is 0.900. The van der Waals surface area contributed by atoms with Gasteiger partial charge in [0.2, 0.25) is 0 Å². The average molecular weight is 202 g/mol. The molecule has 3 heteroatoms. The molecule has 0 aromatic heterocycles. The third-order valence-electron chi connectivity index (χ3n) is 2.56. The third kappa shape index (κ3) is 3.22. The highest BCUT2D eigenvalue weighted by molar-refractivity contribution is 7.99. The van der Waals surface area contributed by atoms with E-state index in [0.29, 0.717) is 5.25 Å². The highest BCUT2D eigenvalue weighted by Gasteiger charge is 2.30. The monoisotopic (exact) mass is 202 g/mol. The van der Waals surface area contributed by atoms with E-state index in [0.717, 1.165) is 31.4 Å². The van der Waals surface area contributed by atoms with Crippen LogP contribution < -0.4 is 0 Å². The smallest absolute Gasteiger partial charge is 0.307 e. The lowest BCUT2D eigenvalue weighted by Crippen LogP contribution is -2.29. The lowest BCUT2D eigenvalue weighted by Gasteiger charge is -2.27. The van der Waals surface area contributed by atoms with Gasteiger partial charge in [-0.1, -0.05) is 19.8 Å². The van der Waals surface area contributed by atoms with E-state index in [9.17, 15) is 4.79 Å². The predicted molar refractivity (Wildman–Crippen MR) is 56.1 cm³/mol. The van der Waals surface area contributed by atoms with Gasteiger partial charge in [-0.25, -0.2) is 0 Å². The first-order chi connectivity index (χ1) is 6.25. The summed E-state index contributed by atoms with van der Waals surface area (Å²) in [5, 5.41) is 9.38. The van der Waals surface area contributed by atoms with Gasteiger partial charge in [-0.2, -0.15) is 11.8 Å². The Hall–Kier alpha value is -0.180. The Kier molecular flexibility index (Phi) is 4.64. The fourth-order valence-electron chi connectivity index (χ4n) is 1.85. The van der Waals surface area contributed by atoms with E-state index in [1.165, 1.54) is 6.42 Å². The largest absolute Gasteiger partial charge is 0.481 e. The maximum absolute atomic E-state index is 10.9. The van der Waals surface area contributed by atoms with Crippen molar-refractivity contribution in [1.82, 2.24) is 0 Å². The second kappa shape index (κ2) is 5.53. The van der Waals surface area contributed by atoms with Gasteiger partial charge < -0.3 is 5.11 Å². The molecule has 0 aromatic rings. The number of thioether (sulfide) groups is 1. The molecule has 0 aliphatic heterocycles. The maximum Gasteiger partial charge on any atom is 0.307 e. The van der Waals surface area contributed by atoms with E-state index < -0.39 is 5.97 Å². The van der Waals surface area contributed by atoms with Crippen molar-refractivity contribution >= 4 is 17.7 Å². The Morgan fingerprint density at radius 3 is 2.77 bits per heavy atom. The first-order valence-corrected chi connectivity index (χ1v) is 6.15. The van der Waals surface area contributed by atoms with Crippen LogP contribution in [0.4, 0.5) is 0 Å². The molecule has 0 unspecified atom stereocenters. The van der Waals surface area contributed by atoms with Crippen molar-refractivity contribution in [3.63, 3.8) is 0 Å². The Balaban J connectivity index is 2.41. The molecule has 1 N–H and O–H groups in total. The highest BCUT2D eigenvalue weighted by atomic mass is 32.2. The van der Waals surface area contributed by atoms with Crippen LogP contribution in [0.15, 0.2) is 0 Å². The van der Waals surface area contributed by atoms with E-state index in [1.807, 2.05) is 11.8 Å². The van der Waals surface area contributed by atoms with E-state index in [4.69, 9.17) is 5.11 Å². The summed E-state index contributed by atoms with van der Waals surface area (Å²) >= 11 is 1.85. The summed E-state index contributed by atoms with van der Waals surface area (Å²) in [6.07, 6.45) is 5.44. The summed E-state index contributed by atoms with van der Waals surface area (Å²) in [5.41, 5.74) is 0. The maximum atomic E-state index is 10.9. The molecule has 13 heavy (non-hydrogen) atoms. The van der Waals surface area contributed by atoms with Gasteiger partial charge in [0.15, 0.2) is 0 Å². The molecule has 1 aliphatic carbocycles. The van der Waals surface area contributed by atoms with E-state index in [2.05, 4.69) is 6.92 Å². The average Bonchev–Trinajstić information content (AvgIpc) is 2.15. The Bertz CT molecular complexity index is 170. The summed E-state index contributed by atoms with van der Waals surface area (Å²) in [5.74, 6) is 0.438. The van der Waals surface area contributed by atoms with Gasteiger partial charge in [0.05, 0.1) is 5.92 Å². The lowest BCUT2D eigenvalue weighted by molar-refractivity contribution is -0.142. The van der Waals surface area contributed by atoms with Gasteiger partial charge in [0, 0.05) is 5.25 Å². The molecule has 2 atom stereocenters. The van der Waals surface area contributed by atoms with Gasteiger partial charge in [-0.3, -0.25) is 4.79 Å². The highest BCUT2D eigenvalue weighted by Crippen LogP contribution is 2.33. The van der Waals surface area contributed by atoms with Gasteiger partial charge >= 0.3 is 5.97 Å². The number of aliphatic carboxylic acids is 1. The molecule has 76 valence electrons. The molecule has 1 rings (SSSR count). The molecule has 0 amide bonds. The van der Waals surface area contributed by atoms with Crippen LogP contribution in [0.2, 0.25) is 0 Å². The van der Waals surface area contributed by atoms with Gasteiger partial charge in [-0.15, -0.1) is 0 Å². The summed E-state index contributed by atoms with van der Waals surface area (Å²) < 4.78 is 0. The van der Waals surface area contributed by atoms with Gasteiger partial charge in [0.1, 0.15) is 0 Å². The topological polar surface area (TPSA) is 37.3 Å². The van der Waals surface area contributed by atoms with Crippen molar-refractivity contribution in [3.8, 4) is 0 Å². The van der Waals surface area contributed by atoms with Crippen LogP contribution in [0.1, 0.15) is 39.0 Å². The summed E-state index contributed by atoms with van der Waals surface area (Å²) in [6, 6.07) is 0. The summed E-state index contributed by atoms with van der Waals surface area (Å²) in [6.45, 7) is 2.14. The number of carbonyl (C=O) groups is 1. The first kappa shape index (κ1) is 10.9. The van der Waals surface area contributed by atoms with Crippen molar-refractivity contribution in [2.24, 2.45) is 5.92 Å².